The van der Waals surface area contributed by atoms with Crippen LogP contribution in [0.25, 0.3) is 6.08 Å². The number of carbonyl (C=O) groups is 2. The van der Waals surface area contributed by atoms with Gasteiger partial charge in [-0.05, 0) is 31.2 Å². The van der Waals surface area contributed by atoms with Crippen molar-refractivity contribution in [2.75, 3.05) is 13.7 Å². The van der Waals surface area contributed by atoms with Crippen molar-refractivity contribution < 1.29 is 33.6 Å². The molecule has 2 aromatic rings. The summed E-state index contributed by atoms with van der Waals surface area (Å²) < 4.78 is 21.0. The molecular formula is C22H24O7. The van der Waals surface area contributed by atoms with Gasteiger partial charge in [0.15, 0.2) is 0 Å². The van der Waals surface area contributed by atoms with Crippen molar-refractivity contribution in [3.8, 4) is 23.0 Å². The highest BCUT2D eigenvalue weighted by Crippen LogP contribution is 2.32. The number of esters is 2. The van der Waals surface area contributed by atoms with E-state index in [1.165, 1.54) is 26.0 Å². The quantitative estimate of drug-likeness (QED) is 0.534. The molecule has 1 N–H and O–H groups in total. The predicted molar refractivity (Wildman–Crippen MR) is 107 cm³/mol. The maximum Gasteiger partial charge on any atom is 0.308 e. The Morgan fingerprint density at radius 1 is 1.00 bits per heavy atom. The lowest BCUT2D eigenvalue weighted by atomic mass is 10.1. The minimum Gasteiger partial charge on any atom is -0.497 e. The molecule has 0 amide bonds. The molecule has 0 radical (unpaired) electrons. The predicted octanol–water partition coefficient (Wildman–Crippen LogP) is 3.69. The average molecular weight is 400 g/mol. The molecule has 0 saturated carbocycles. The number of methoxy groups -OCH3 is 1. The van der Waals surface area contributed by atoms with Gasteiger partial charge in [0, 0.05) is 37.1 Å². The van der Waals surface area contributed by atoms with Crippen molar-refractivity contribution in [2.45, 2.75) is 26.9 Å². The van der Waals surface area contributed by atoms with Crippen molar-refractivity contribution >= 4 is 18.0 Å². The lowest BCUT2D eigenvalue weighted by Gasteiger charge is -2.14. The summed E-state index contributed by atoms with van der Waals surface area (Å²) in [5.74, 6) is 0.579. The number of aliphatic hydroxyl groups excluding tert-OH is 1. The van der Waals surface area contributed by atoms with Gasteiger partial charge in [-0.15, -0.1) is 0 Å². The number of aliphatic hydroxyl groups is 1. The Bertz CT molecular complexity index is 902. The number of ether oxygens (including phenoxy) is 4. The van der Waals surface area contributed by atoms with Crippen LogP contribution in [0.1, 0.15) is 38.0 Å². The second kappa shape index (κ2) is 10.3. The van der Waals surface area contributed by atoms with E-state index in [-0.39, 0.29) is 11.5 Å². The van der Waals surface area contributed by atoms with Gasteiger partial charge in [0.2, 0.25) is 0 Å². The summed E-state index contributed by atoms with van der Waals surface area (Å²) in [6.45, 7) is 4.83. The Kier molecular flexibility index (Phi) is 7.79. The zero-order valence-electron chi connectivity index (χ0n) is 16.8. The minimum absolute atomic E-state index is 0.208. The third-order valence-electron chi connectivity index (χ3n) is 3.80. The van der Waals surface area contributed by atoms with E-state index < -0.39 is 18.0 Å². The lowest BCUT2D eigenvalue weighted by molar-refractivity contribution is -0.132. The maximum absolute atomic E-state index is 11.4. The smallest absolute Gasteiger partial charge is 0.308 e. The molecule has 7 heteroatoms. The summed E-state index contributed by atoms with van der Waals surface area (Å²) in [6.07, 6.45) is 2.18. The SMILES string of the molecule is CCOc1cc(OC)ccc1C(O)C=Cc1ccc(OC(C)=O)cc1OC(C)=O. The summed E-state index contributed by atoms with van der Waals surface area (Å²) in [5.41, 5.74) is 1.09. The molecule has 29 heavy (non-hydrogen) atoms. The van der Waals surface area contributed by atoms with E-state index in [4.69, 9.17) is 18.9 Å². The highest BCUT2D eigenvalue weighted by atomic mass is 16.5. The molecule has 0 aliphatic rings. The van der Waals surface area contributed by atoms with Crippen LogP contribution < -0.4 is 18.9 Å². The Labute approximate surface area is 169 Å². The monoisotopic (exact) mass is 400 g/mol. The first-order valence-corrected chi connectivity index (χ1v) is 9.02. The average Bonchev–Trinajstić information content (AvgIpc) is 2.66. The van der Waals surface area contributed by atoms with Gasteiger partial charge in [0.1, 0.15) is 29.1 Å². The van der Waals surface area contributed by atoms with Crippen molar-refractivity contribution in [3.05, 3.63) is 53.6 Å². The van der Waals surface area contributed by atoms with Crippen LogP contribution in [0.4, 0.5) is 0 Å². The zero-order chi connectivity index (χ0) is 21.4. The third kappa shape index (κ3) is 6.36. The molecular weight excluding hydrogens is 376 g/mol. The van der Waals surface area contributed by atoms with Crippen LogP contribution in [0.5, 0.6) is 23.0 Å². The number of benzene rings is 2. The summed E-state index contributed by atoms with van der Waals surface area (Å²) in [4.78, 5) is 22.5. The van der Waals surface area contributed by atoms with E-state index in [1.54, 1.807) is 43.5 Å². The van der Waals surface area contributed by atoms with E-state index in [0.717, 1.165) is 0 Å². The summed E-state index contributed by atoms with van der Waals surface area (Å²) in [6, 6.07) is 9.78. The Balaban J connectivity index is 2.32. The highest BCUT2D eigenvalue weighted by Gasteiger charge is 2.13. The number of rotatable bonds is 8. The minimum atomic E-state index is -0.971. The largest absolute Gasteiger partial charge is 0.497 e. The first kappa shape index (κ1) is 22.0. The summed E-state index contributed by atoms with van der Waals surface area (Å²) in [5, 5.41) is 10.6. The third-order valence-corrected chi connectivity index (χ3v) is 3.80. The van der Waals surface area contributed by atoms with Crippen LogP contribution in [-0.2, 0) is 9.59 Å². The molecule has 0 aromatic heterocycles. The van der Waals surface area contributed by atoms with Gasteiger partial charge in [-0.3, -0.25) is 9.59 Å². The molecule has 0 spiro atoms. The van der Waals surface area contributed by atoms with Gasteiger partial charge in [-0.1, -0.05) is 12.2 Å². The van der Waals surface area contributed by atoms with E-state index in [1.807, 2.05) is 6.92 Å². The first-order chi connectivity index (χ1) is 13.8. The van der Waals surface area contributed by atoms with Gasteiger partial charge in [-0.2, -0.15) is 0 Å². The molecule has 154 valence electrons. The van der Waals surface area contributed by atoms with Crippen LogP contribution in [0.15, 0.2) is 42.5 Å². The van der Waals surface area contributed by atoms with E-state index >= 15 is 0 Å². The van der Waals surface area contributed by atoms with E-state index in [2.05, 4.69) is 0 Å². The van der Waals surface area contributed by atoms with Gasteiger partial charge in [0.25, 0.3) is 0 Å². The van der Waals surface area contributed by atoms with Crippen molar-refractivity contribution in [2.24, 2.45) is 0 Å². The maximum atomic E-state index is 11.4. The van der Waals surface area contributed by atoms with Crippen molar-refractivity contribution in [1.29, 1.82) is 0 Å². The van der Waals surface area contributed by atoms with Crippen LogP contribution in [0.3, 0.4) is 0 Å². The molecule has 0 saturated heterocycles. The first-order valence-electron chi connectivity index (χ1n) is 9.02. The molecule has 1 unspecified atom stereocenters. The fraction of sp³-hybridized carbons (Fsp3) is 0.273. The van der Waals surface area contributed by atoms with Gasteiger partial charge in [-0.25, -0.2) is 0 Å². The van der Waals surface area contributed by atoms with Crippen LogP contribution in [0, 0.1) is 0 Å². The number of hydrogen-bond donors (Lipinski definition) is 1. The topological polar surface area (TPSA) is 91.3 Å². The Hall–Kier alpha value is -3.32. The zero-order valence-corrected chi connectivity index (χ0v) is 16.8. The van der Waals surface area contributed by atoms with Crippen LogP contribution in [-0.4, -0.2) is 30.8 Å². The molecule has 1 atom stereocenters. The van der Waals surface area contributed by atoms with Crippen LogP contribution in [0.2, 0.25) is 0 Å². The fourth-order valence-electron chi connectivity index (χ4n) is 2.59. The molecule has 2 rings (SSSR count). The number of carbonyl (C=O) groups excluding carboxylic acids is 2. The molecule has 0 aliphatic carbocycles. The lowest BCUT2D eigenvalue weighted by Crippen LogP contribution is -2.05. The van der Waals surface area contributed by atoms with Crippen molar-refractivity contribution in [1.82, 2.24) is 0 Å². The van der Waals surface area contributed by atoms with Gasteiger partial charge in [0.05, 0.1) is 13.7 Å². The van der Waals surface area contributed by atoms with Crippen molar-refractivity contribution in [3.63, 3.8) is 0 Å². The molecule has 0 bridgehead atoms. The standard InChI is InChI=1S/C22H24O7/c1-5-27-22-12-17(26-4)9-10-19(22)20(25)11-7-16-6-8-18(28-14(2)23)13-21(16)29-15(3)24/h6-13,20,25H,5H2,1-4H3. The molecule has 7 nitrogen and oxygen atoms in total. The molecule has 2 aromatic carbocycles. The second-order valence-corrected chi connectivity index (χ2v) is 6.03. The molecule has 0 fully saturated rings. The second-order valence-electron chi connectivity index (χ2n) is 6.03. The number of hydrogen-bond acceptors (Lipinski definition) is 7. The normalized spacial score (nSPS) is 11.8. The fourth-order valence-corrected chi connectivity index (χ4v) is 2.59. The summed E-state index contributed by atoms with van der Waals surface area (Å²) in [7, 11) is 1.55. The Morgan fingerprint density at radius 3 is 2.28 bits per heavy atom. The van der Waals surface area contributed by atoms with Crippen LogP contribution >= 0.6 is 0 Å². The van der Waals surface area contributed by atoms with E-state index in [0.29, 0.717) is 29.2 Å². The van der Waals surface area contributed by atoms with Gasteiger partial charge < -0.3 is 24.1 Å². The molecule has 0 aliphatic heterocycles. The van der Waals surface area contributed by atoms with E-state index in [9.17, 15) is 14.7 Å². The Morgan fingerprint density at radius 2 is 1.66 bits per heavy atom. The van der Waals surface area contributed by atoms with Gasteiger partial charge >= 0.3 is 11.9 Å². The molecule has 0 heterocycles. The summed E-state index contributed by atoms with van der Waals surface area (Å²) >= 11 is 0. The highest BCUT2D eigenvalue weighted by molar-refractivity contribution is 5.74.